The third kappa shape index (κ3) is 6.33. The molecule has 0 spiro atoms. The molecular formula is C22H30ClN5OS. The van der Waals surface area contributed by atoms with Gasteiger partial charge in [-0.25, -0.2) is 0 Å². The van der Waals surface area contributed by atoms with E-state index in [1.165, 1.54) is 44.1 Å². The van der Waals surface area contributed by atoms with Crippen molar-refractivity contribution in [1.29, 1.82) is 0 Å². The summed E-state index contributed by atoms with van der Waals surface area (Å²) in [7, 11) is 0. The van der Waals surface area contributed by atoms with Gasteiger partial charge in [0.15, 0.2) is 5.16 Å². The average Bonchev–Trinajstić information content (AvgIpc) is 3.13. The normalized spacial score (nSPS) is 15.7. The minimum absolute atomic E-state index is 0.0598. The zero-order valence-corrected chi connectivity index (χ0v) is 19.1. The van der Waals surface area contributed by atoms with Crippen LogP contribution in [0.4, 0.5) is 0 Å². The first-order valence-corrected chi connectivity index (χ1v) is 11.9. The Balaban J connectivity index is 1.55. The first-order chi connectivity index (χ1) is 14.6. The van der Waals surface area contributed by atoms with Crippen LogP contribution in [0.1, 0.15) is 43.6 Å². The molecule has 0 unspecified atom stereocenters. The van der Waals surface area contributed by atoms with Gasteiger partial charge in [-0.15, -0.1) is 16.8 Å². The number of rotatable bonds is 10. The van der Waals surface area contributed by atoms with E-state index in [0.29, 0.717) is 11.6 Å². The van der Waals surface area contributed by atoms with Crippen molar-refractivity contribution in [3.05, 3.63) is 53.3 Å². The van der Waals surface area contributed by atoms with E-state index in [1.807, 2.05) is 37.3 Å². The Morgan fingerprint density at radius 2 is 2.07 bits per heavy atom. The monoisotopic (exact) mass is 447 g/mol. The van der Waals surface area contributed by atoms with E-state index in [9.17, 15) is 4.79 Å². The van der Waals surface area contributed by atoms with Crippen LogP contribution >= 0.6 is 23.4 Å². The molecule has 2 heterocycles. The van der Waals surface area contributed by atoms with Gasteiger partial charge in [0.05, 0.1) is 11.8 Å². The van der Waals surface area contributed by atoms with E-state index in [2.05, 4.69) is 31.6 Å². The number of aromatic nitrogens is 3. The number of benzene rings is 1. The third-order valence-electron chi connectivity index (χ3n) is 5.29. The maximum Gasteiger partial charge on any atom is 0.230 e. The molecule has 8 heteroatoms. The lowest BCUT2D eigenvalue weighted by Gasteiger charge is -2.26. The van der Waals surface area contributed by atoms with Crippen molar-refractivity contribution in [2.24, 2.45) is 0 Å². The highest BCUT2D eigenvalue weighted by atomic mass is 35.5. The molecule has 1 N–H and O–H groups in total. The molecule has 0 bridgehead atoms. The van der Waals surface area contributed by atoms with E-state index >= 15 is 0 Å². The van der Waals surface area contributed by atoms with Crippen LogP contribution in [0.25, 0.3) is 0 Å². The van der Waals surface area contributed by atoms with Crippen LogP contribution in [0.15, 0.2) is 42.1 Å². The molecule has 162 valence electrons. The fraction of sp³-hybridized carbons (Fsp3) is 0.500. The molecule has 1 aliphatic rings. The van der Waals surface area contributed by atoms with E-state index in [4.69, 9.17) is 11.6 Å². The number of hydrogen-bond donors (Lipinski definition) is 1. The summed E-state index contributed by atoms with van der Waals surface area (Å²) < 4.78 is 2.06. The quantitative estimate of drug-likeness (QED) is 0.438. The van der Waals surface area contributed by atoms with Crippen molar-refractivity contribution in [1.82, 2.24) is 25.0 Å². The number of thioether (sulfide) groups is 1. The van der Waals surface area contributed by atoms with Crippen LogP contribution in [0.3, 0.4) is 0 Å². The molecule has 2 aromatic rings. The second-order valence-corrected chi connectivity index (χ2v) is 8.90. The summed E-state index contributed by atoms with van der Waals surface area (Å²) in [6, 6.07) is 7.40. The molecule has 1 aromatic carbocycles. The van der Waals surface area contributed by atoms with Gasteiger partial charge >= 0.3 is 0 Å². The van der Waals surface area contributed by atoms with Gasteiger partial charge in [-0.3, -0.25) is 4.79 Å². The van der Waals surface area contributed by atoms with E-state index in [0.717, 1.165) is 29.5 Å². The number of carbonyl (C=O) groups excluding carboxylic acids is 1. The van der Waals surface area contributed by atoms with Crippen molar-refractivity contribution in [3.63, 3.8) is 0 Å². The number of amides is 1. The van der Waals surface area contributed by atoms with Crippen molar-refractivity contribution >= 4 is 29.3 Å². The molecule has 6 nitrogen and oxygen atoms in total. The number of nitrogens with one attached hydrogen (secondary N) is 1. The highest BCUT2D eigenvalue weighted by Gasteiger charge is 2.17. The van der Waals surface area contributed by atoms with Gasteiger partial charge in [-0.1, -0.05) is 54.1 Å². The zero-order chi connectivity index (χ0) is 21.3. The zero-order valence-electron chi connectivity index (χ0n) is 17.5. The van der Waals surface area contributed by atoms with Gasteiger partial charge in [0.2, 0.25) is 5.91 Å². The molecule has 1 atom stereocenters. The second kappa shape index (κ2) is 11.5. The van der Waals surface area contributed by atoms with Crippen molar-refractivity contribution in [3.8, 4) is 0 Å². The fourth-order valence-corrected chi connectivity index (χ4v) is 4.76. The summed E-state index contributed by atoms with van der Waals surface area (Å²) in [6.07, 6.45) is 6.60. The summed E-state index contributed by atoms with van der Waals surface area (Å²) in [5.74, 6) is 1.17. The molecule has 1 aliphatic heterocycles. The predicted molar refractivity (Wildman–Crippen MR) is 123 cm³/mol. The Labute approximate surface area is 188 Å². The van der Waals surface area contributed by atoms with E-state index < -0.39 is 0 Å². The number of carbonyl (C=O) groups is 1. The summed E-state index contributed by atoms with van der Waals surface area (Å²) in [5, 5.41) is 13.1. The molecule has 0 saturated carbocycles. The second-order valence-electron chi connectivity index (χ2n) is 7.55. The van der Waals surface area contributed by atoms with Gasteiger partial charge in [0.1, 0.15) is 5.82 Å². The highest BCUT2D eigenvalue weighted by molar-refractivity contribution is 7.99. The topological polar surface area (TPSA) is 63.1 Å². The minimum Gasteiger partial charge on any atom is -0.349 e. The molecule has 0 aliphatic carbocycles. The molecule has 1 aromatic heterocycles. The molecule has 1 amide bonds. The number of piperidine rings is 1. The lowest BCUT2D eigenvalue weighted by atomic mass is 10.1. The largest absolute Gasteiger partial charge is 0.349 e. The lowest BCUT2D eigenvalue weighted by molar-refractivity contribution is -0.119. The summed E-state index contributed by atoms with van der Waals surface area (Å²) in [6.45, 7) is 9.76. The van der Waals surface area contributed by atoms with Gasteiger partial charge < -0.3 is 14.8 Å². The highest BCUT2D eigenvalue weighted by Crippen LogP contribution is 2.23. The minimum atomic E-state index is -0.155. The first kappa shape index (κ1) is 22.8. The number of halogens is 1. The fourth-order valence-electron chi connectivity index (χ4n) is 3.68. The third-order valence-corrected chi connectivity index (χ3v) is 6.60. The first-order valence-electron chi connectivity index (χ1n) is 10.5. The lowest BCUT2D eigenvalue weighted by Crippen LogP contribution is -2.32. The Hall–Kier alpha value is -1.83. The predicted octanol–water partition coefficient (Wildman–Crippen LogP) is 4.12. The SMILES string of the molecule is C=CCn1c(CCN2CCCCC2)nnc1SCC(=O)N[C@@H](C)c1ccccc1Cl. The van der Waals surface area contributed by atoms with Crippen LogP contribution in [0.2, 0.25) is 5.02 Å². The van der Waals surface area contributed by atoms with Crippen molar-refractivity contribution in [2.45, 2.75) is 50.4 Å². The molecule has 0 radical (unpaired) electrons. The number of nitrogens with zero attached hydrogens (tertiary/aromatic N) is 4. The van der Waals surface area contributed by atoms with Crippen LogP contribution < -0.4 is 5.32 Å². The van der Waals surface area contributed by atoms with Crippen molar-refractivity contribution < 1.29 is 4.79 Å². The number of likely N-dealkylation sites (tertiary alicyclic amines) is 1. The molecule has 30 heavy (non-hydrogen) atoms. The van der Waals surface area contributed by atoms with Crippen LogP contribution in [0, 0.1) is 0 Å². The molecular weight excluding hydrogens is 418 g/mol. The molecule has 1 saturated heterocycles. The van der Waals surface area contributed by atoms with Crippen LogP contribution in [-0.2, 0) is 17.8 Å². The van der Waals surface area contributed by atoms with E-state index in [-0.39, 0.29) is 17.7 Å². The number of hydrogen-bond acceptors (Lipinski definition) is 5. The average molecular weight is 448 g/mol. The van der Waals surface area contributed by atoms with Gasteiger partial charge in [-0.2, -0.15) is 0 Å². The van der Waals surface area contributed by atoms with Gasteiger partial charge in [0, 0.05) is 24.5 Å². The van der Waals surface area contributed by atoms with Crippen molar-refractivity contribution in [2.75, 3.05) is 25.4 Å². The van der Waals surface area contributed by atoms with Gasteiger partial charge in [0.25, 0.3) is 0 Å². The summed E-state index contributed by atoms with van der Waals surface area (Å²) in [4.78, 5) is 15.0. The maximum absolute atomic E-state index is 12.5. The smallest absolute Gasteiger partial charge is 0.230 e. The molecule has 1 fully saturated rings. The molecule has 3 rings (SSSR count). The Morgan fingerprint density at radius 1 is 1.30 bits per heavy atom. The Morgan fingerprint density at radius 3 is 2.80 bits per heavy atom. The van der Waals surface area contributed by atoms with E-state index in [1.54, 1.807) is 0 Å². The number of allylic oxidation sites excluding steroid dienone is 1. The standard InChI is InChI=1S/C22H30ClN5OS/c1-3-12-28-20(11-15-27-13-7-4-8-14-27)25-26-22(28)30-16-21(29)24-17(2)18-9-5-6-10-19(18)23/h3,5-6,9-10,17H,1,4,7-8,11-16H2,2H3,(H,24,29)/t17-/m0/s1. The summed E-state index contributed by atoms with van der Waals surface area (Å²) >= 11 is 7.63. The Kier molecular flexibility index (Phi) is 8.78. The Bertz CT molecular complexity index is 850. The van der Waals surface area contributed by atoms with Crippen LogP contribution in [0.5, 0.6) is 0 Å². The maximum atomic E-state index is 12.5. The summed E-state index contributed by atoms with van der Waals surface area (Å²) in [5.41, 5.74) is 0.910. The van der Waals surface area contributed by atoms with Gasteiger partial charge in [-0.05, 0) is 44.5 Å². The van der Waals surface area contributed by atoms with Crippen LogP contribution in [-0.4, -0.2) is 51.0 Å².